The number of hydrogen-bond donors (Lipinski definition) is 0. The van der Waals surface area contributed by atoms with Crippen molar-refractivity contribution in [1.29, 1.82) is 0 Å². The average Bonchev–Trinajstić information content (AvgIpc) is 3.00. The quantitative estimate of drug-likeness (QED) is 0.708. The largest absolute Gasteiger partial charge is 0.416 e. The molecule has 3 nitrogen and oxygen atoms in total. The second-order valence-corrected chi connectivity index (χ2v) is 4.90. The first-order chi connectivity index (χ1) is 10.4. The lowest BCUT2D eigenvalue weighted by molar-refractivity contribution is -0.137. The molecule has 0 radical (unpaired) electrons. The number of rotatable bonds is 2. The van der Waals surface area contributed by atoms with Crippen molar-refractivity contribution in [2.24, 2.45) is 0 Å². The van der Waals surface area contributed by atoms with Crippen LogP contribution in [0.15, 0.2) is 55.1 Å². The van der Waals surface area contributed by atoms with E-state index < -0.39 is 11.7 Å². The molecule has 2 aromatic heterocycles. The van der Waals surface area contributed by atoms with E-state index in [9.17, 15) is 13.2 Å². The van der Waals surface area contributed by atoms with Crippen LogP contribution < -0.4 is 0 Å². The number of aromatic nitrogens is 3. The molecule has 112 valence electrons. The van der Waals surface area contributed by atoms with Crippen molar-refractivity contribution in [2.45, 2.75) is 13.1 Å². The summed E-state index contributed by atoms with van der Waals surface area (Å²) in [7, 11) is 0. The minimum absolute atomic E-state index is 0.656. The molecule has 0 spiro atoms. The Morgan fingerprint density at radius 1 is 1.00 bits per heavy atom. The van der Waals surface area contributed by atoms with Gasteiger partial charge in [0.15, 0.2) is 0 Å². The van der Waals surface area contributed by atoms with Crippen molar-refractivity contribution in [3.8, 4) is 16.9 Å². The highest BCUT2D eigenvalue weighted by atomic mass is 19.4. The van der Waals surface area contributed by atoms with Gasteiger partial charge in [0.2, 0.25) is 0 Å². The van der Waals surface area contributed by atoms with Crippen molar-refractivity contribution in [2.75, 3.05) is 0 Å². The lowest BCUT2D eigenvalue weighted by Crippen LogP contribution is -2.04. The molecule has 0 N–H and O–H groups in total. The fourth-order valence-electron chi connectivity index (χ4n) is 2.20. The number of aryl methyl sites for hydroxylation is 1. The minimum atomic E-state index is -4.32. The number of nitrogens with zero attached hydrogens (tertiary/aromatic N) is 3. The normalized spacial score (nSPS) is 11.6. The first-order valence-electron chi connectivity index (χ1n) is 6.58. The molecule has 22 heavy (non-hydrogen) atoms. The van der Waals surface area contributed by atoms with E-state index in [2.05, 4.69) is 9.97 Å². The van der Waals surface area contributed by atoms with Crippen LogP contribution in [0.25, 0.3) is 16.9 Å². The molecule has 0 bridgehead atoms. The number of alkyl halides is 3. The lowest BCUT2D eigenvalue weighted by atomic mass is 10.0. The first kappa shape index (κ1) is 14.3. The topological polar surface area (TPSA) is 30.7 Å². The second-order valence-electron chi connectivity index (χ2n) is 4.90. The number of imidazole rings is 1. The molecule has 0 amide bonds. The predicted molar refractivity (Wildman–Crippen MR) is 76.5 cm³/mol. The highest BCUT2D eigenvalue weighted by Crippen LogP contribution is 2.31. The second kappa shape index (κ2) is 5.29. The van der Waals surface area contributed by atoms with E-state index in [1.54, 1.807) is 23.3 Å². The fourth-order valence-corrected chi connectivity index (χ4v) is 2.20. The molecule has 2 heterocycles. The number of benzene rings is 1. The van der Waals surface area contributed by atoms with Gasteiger partial charge in [0.1, 0.15) is 12.1 Å². The Hall–Kier alpha value is -2.63. The highest BCUT2D eigenvalue weighted by Gasteiger charge is 2.29. The summed E-state index contributed by atoms with van der Waals surface area (Å²) in [5.74, 6) is 0.674. The summed E-state index contributed by atoms with van der Waals surface area (Å²) in [4.78, 5) is 8.37. The summed E-state index contributed by atoms with van der Waals surface area (Å²) < 4.78 is 39.6. The smallest absolute Gasteiger partial charge is 0.291 e. The van der Waals surface area contributed by atoms with E-state index >= 15 is 0 Å². The van der Waals surface area contributed by atoms with Gasteiger partial charge in [0.05, 0.1) is 5.56 Å². The van der Waals surface area contributed by atoms with E-state index in [1.165, 1.54) is 12.1 Å². The number of halogens is 3. The molecule has 6 heteroatoms. The molecule has 0 atom stereocenters. The van der Waals surface area contributed by atoms with E-state index in [4.69, 9.17) is 0 Å². The number of pyridine rings is 1. The van der Waals surface area contributed by atoms with E-state index in [0.29, 0.717) is 11.4 Å². The van der Waals surface area contributed by atoms with Crippen LogP contribution in [-0.2, 0) is 6.18 Å². The maximum absolute atomic E-state index is 12.6. The third kappa shape index (κ3) is 2.86. The Balaban J connectivity index is 2.01. The standard InChI is InChI=1S/C16H12F3N3/c1-11-8-13(9-15(21-11)22-7-6-20-10-22)12-2-4-14(5-3-12)16(17,18)19/h2-10H,1H3. The summed E-state index contributed by atoms with van der Waals surface area (Å²) in [6, 6.07) is 8.76. The van der Waals surface area contributed by atoms with Gasteiger partial charge in [-0.15, -0.1) is 0 Å². The Morgan fingerprint density at radius 3 is 2.32 bits per heavy atom. The molecular formula is C16H12F3N3. The third-order valence-corrected chi connectivity index (χ3v) is 3.25. The lowest BCUT2D eigenvalue weighted by Gasteiger charge is -2.10. The molecule has 3 aromatic rings. The van der Waals surface area contributed by atoms with Gasteiger partial charge in [-0.25, -0.2) is 9.97 Å². The van der Waals surface area contributed by atoms with Crippen LogP contribution in [0.2, 0.25) is 0 Å². The summed E-state index contributed by atoms with van der Waals surface area (Å²) in [6.07, 6.45) is 0.701. The van der Waals surface area contributed by atoms with Crippen LogP contribution >= 0.6 is 0 Å². The van der Waals surface area contributed by atoms with Crippen LogP contribution in [0.5, 0.6) is 0 Å². The average molecular weight is 303 g/mol. The molecule has 0 unspecified atom stereocenters. The zero-order valence-corrected chi connectivity index (χ0v) is 11.7. The van der Waals surface area contributed by atoms with Crippen molar-refractivity contribution in [1.82, 2.24) is 14.5 Å². The Morgan fingerprint density at radius 2 is 1.73 bits per heavy atom. The molecule has 0 aliphatic heterocycles. The highest BCUT2D eigenvalue weighted by molar-refractivity contribution is 5.65. The van der Waals surface area contributed by atoms with Gasteiger partial charge in [0, 0.05) is 18.1 Å². The van der Waals surface area contributed by atoms with Gasteiger partial charge < -0.3 is 0 Å². The van der Waals surface area contributed by atoms with Crippen LogP contribution in [0.1, 0.15) is 11.3 Å². The van der Waals surface area contributed by atoms with Crippen LogP contribution in [0.4, 0.5) is 13.2 Å². The summed E-state index contributed by atoms with van der Waals surface area (Å²) >= 11 is 0. The molecule has 0 fully saturated rings. The van der Waals surface area contributed by atoms with E-state index in [-0.39, 0.29) is 0 Å². The van der Waals surface area contributed by atoms with Crippen molar-refractivity contribution >= 4 is 0 Å². The fraction of sp³-hybridized carbons (Fsp3) is 0.125. The van der Waals surface area contributed by atoms with E-state index in [0.717, 1.165) is 23.4 Å². The molecule has 1 aromatic carbocycles. The van der Waals surface area contributed by atoms with E-state index in [1.807, 2.05) is 19.1 Å². The van der Waals surface area contributed by atoms with Gasteiger partial charge in [-0.3, -0.25) is 4.57 Å². The van der Waals surface area contributed by atoms with Gasteiger partial charge in [-0.05, 0) is 42.3 Å². The van der Waals surface area contributed by atoms with Crippen LogP contribution in [0.3, 0.4) is 0 Å². The zero-order chi connectivity index (χ0) is 15.7. The Kier molecular flexibility index (Phi) is 3.44. The Labute approximate surface area is 125 Å². The molecule has 0 saturated heterocycles. The maximum Gasteiger partial charge on any atom is 0.416 e. The Bertz CT molecular complexity index is 775. The van der Waals surface area contributed by atoms with Crippen molar-refractivity contribution < 1.29 is 13.2 Å². The monoisotopic (exact) mass is 303 g/mol. The maximum atomic E-state index is 12.6. The first-order valence-corrected chi connectivity index (χ1v) is 6.58. The van der Waals surface area contributed by atoms with Crippen LogP contribution in [0, 0.1) is 6.92 Å². The zero-order valence-electron chi connectivity index (χ0n) is 11.7. The minimum Gasteiger partial charge on any atom is -0.291 e. The SMILES string of the molecule is Cc1cc(-c2ccc(C(F)(F)F)cc2)cc(-n2ccnc2)n1. The number of hydrogen-bond acceptors (Lipinski definition) is 2. The molecule has 0 aliphatic carbocycles. The van der Waals surface area contributed by atoms with Gasteiger partial charge in [-0.2, -0.15) is 13.2 Å². The van der Waals surface area contributed by atoms with Gasteiger partial charge in [0.25, 0.3) is 0 Å². The summed E-state index contributed by atoms with van der Waals surface area (Å²) in [6.45, 7) is 1.84. The summed E-state index contributed by atoms with van der Waals surface area (Å²) in [5, 5.41) is 0. The van der Waals surface area contributed by atoms with Crippen LogP contribution in [-0.4, -0.2) is 14.5 Å². The summed E-state index contributed by atoms with van der Waals surface area (Å²) in [5.41, 5.74) is 1.64. The third-order valence-electron chi connectivity index (χ3n) is 3.25. The van der Waals surface area contributed by atoms with Crippen molar-refractivity contribution in [3.63, 3.8) is 0 Å². The molecule has 0 aliphatic rings. The van der Waals surface area contributed by atoms with Gasteiger partial charge in [-0.1, -0.05) is 12.1 Å². The van der Waals surface area contributed by atoms with Crippen molar-refractivity contribution in [3.05, 3.63) is 66.4 Å². The van der Waals surface area contributed by atoms with Gasteiger partial charge >= 0.3 is 6.18 Å². The molecule has 0 saturated carbocycles. The molecule has 3 rings (SSSR count). The molecular weight excluding hydrogens is 291 g/mol. The predicted octanol–water partition coefficient (Wildman–Crippen LogP) is 4.26.